The molecule has 4 rings (SSSR count). The molecule has 166 valence electrons. The molecule has 1 aromatic heterocycles. The Hall–Kier alpha value is -1.67. The van der Waals surface area contributed by atoms with Crippen LogP contribution < -0.4 is 15.5 Å². The van der Waals surface area contributed by atoms with Crippen molar-refractivity contribution in [1.82, 2.24) is 15.3 Å². The molecule has 2 N–H and O–H groups in total. The molecular formula is C22H27Cl2N5OS. The monoisotopic (exact) mass is 479 g/mol. The highest BCUT2D eigenvalue weighted by molar-refractivity contribution is 7.80. The van der Waals surface area contributed by atoms with Crippen molar-refractivity contribution < 1.29 is 4.74 Å². The number of thiocarbonyl (C=S) groups is 1. The van der Waals surface area contributed by atoms with Gasteiger partial charge in [-0.3, -0.25) is 0 Å². The summed E-state index contributed by atoms with van der Waals surface area (Å²) in [5.74, 6) is 1.17. The summed E-state index contributed by atoms with van der Waals surface area (Å²) in [5.41, 5.74) is 1.28. The molecule has 0 spiro atoms. The second kappa shape index (κ2) is 10.3. The molecule has 2 aliphatic rings. The van der Waals surface area contributed by atoms with Gasteiger partial charge in [-0.25, -0.2) is 4.98 Å². The van der Waals surface area contributed by atoms with E-state index in [4.69, 9.17) is 40.2 Å². The van der Waals surface area contributed by atoms with Crippen LogP contribution in [0.3, 0.4) is 0 Å². The fourth-order valence-electron chi connectivity index (χ4n) is 4.43. The zero-order valence-corrected chi connectivity index (χ0v) is 19.7. The third-order valence-electron chi connectivity index (χ3n) is 6.08. The first-order valence-electron chi connectivity index (χ1n) is 10.7. The van der Waals surface area contributed by atoms with Gasteiger partial charge in [-0.15, -0.1) is 0 Å². The lowest BCUT2D eigenvalue weighted by Crippen LogP contribution is -2.43. The molecule has 2 fully saturated rings. The summed E-state index contributed by atoms with van der Waals surface area (Å²) in [7, 11) is 0. The van der Waals surface area contributed by atoms with E-state index < -0.39 is 0 Å². The number of ether oxygens (including phenoxy) is 1. The van der Waals surface area contributed by atoms with Crippen molar-refractivity contribution in [2.75, 3.05) is 43.1 Å². The Balaban J connectivity index is 1.43. The molecule has 0 atom stereocenters. The molecule has 31 heavy (non-hydrogen) atoms. The maximum Gasteiger partial charge on any atom is 0.232 e. The third kappa shape index (κ3) is 5.77. The summed E-state index contributed by atoms with van der Waals surface area (Å²) < 4.78 is 5.42. The molecule has 6 nitrogen and oxygen atoms in total. The van der Waals surface area contributed by atoms with Gasteiger partial charge in [0.25, 0.3) is 0 Å². The summed E-state index contributed by atoms with van der Waals surface area (Å²) in [6.07, 6.45) is 5.89. The Bertz CT molecular complexity index is 917. The molecule has 0 unspecified atom stereocenters. The van der Waals surface area contributed by atoms with Gasteiger partial charge in [0.1, 0.15) is 11.0 Å². The highest BCUT2D eigenvalue weighted by atomic mass is 35.5. The van der Waals surface area contributed by atoms with Crippen molar-refractivity contribution in [3.05, 3.63) is 46.1 Å². The first kappa shape index (κ1) is 22.5. The smallest absolute Gasteiger partial charge is 0.232 e. The van der Waals surface area contributed by atoms with Gasteiger partial charge in [0.15, 0.2) is 5.11 Å². The molecule has 2 aromatic rings. The Kier molecular flexibility index (Phi) is 7.48. The van der Waals surface area contributed by atoms with E-state index in [0.717, 1.165) is 43.3 Å². The number of nitrogens with zero attached hydrogens (tertiary/aromatic N) is 3. The van der Waals surface area contributed by atoms with E-state index in [1.807, 2.05) is 12.1 Å². The molecule has 1 aliphatic carbocycles. The van der Waals surface area contributed by atoms with Crippen LogP contribution in [-0.2, 0) is 10.2 Å². The average Bonchev–Trinajstić information content (AvgIpc) is 2.78. The number of morpholine rings is 1. The second-order valence-electron chi connectivity index (χ2n) is 8.13. The third-order valence-corrected chi connectivity index (χ3v) is 6.75. The highest BCUT2D eigenvalue weighted by Crippen LogP contribution is 2.39. The topological polar surface area (TPSA) is 62.3 Å². The predicted molar refractivity (Wildman–Crippen MR) is 131 cm³/mol. The van der Waals surface area contributed by atoms with Crippen molar-refractivity contribution in [2.45, 2.75) is 37.5 Å². The SMILES string of the molecule is S=C(NCC1(c2cccc(Cl)c2)CCCCC1)Nc1nc(Cl)cc(N2CCOCC2)n1. The van der Waals surface area contributed by atoms with E-state index in [0.29, 0.717) is 29.4 Å². The minimum Gasteiger partial charge on any atom is -0.378 e. The number of nitrogens with one attached hydrogen (secondary N) is 2. The van der Waals surface area contributed by atoms with Crippen LogP contribution >= 0.6 is 35.4 Å². The van der Waals surface area contributed by atoms with Gasteiger partial charge in [0.05, 0.1) is 13.2 Å². The zero-order valence-electron chi connectivity index (χ0n) is 17.4. The molecule has 1 saturated carbocycles. The molecular weight excluding hydrogens is 453 g/mol. The minimum atomic E-state index is 0.0169. The number of benzene rings is 1. The lowest BCUT2D eigenvalue weighted by atomic mass is 9.69. The van der Waals surface area contributed by atoms with E-state index >= 15 is 0 Å². The first-order valence-corrected chi connectivity index (χ1v) is 11.9. The van der Waals surface area contributed by atoms with Gasteiger partial charge < -0.3 is 20.3 Å². The highest BCUT2D eigenvalue weighted by Gasteiger charge is 2.34. The summed E-state index contributed by atoms with van der Waals surface area (Å²) in [6, 6.07) is 9.97. The molecule has 1 aliphatic heterocycles. The Morgan fingerprint density at radius 2 is 1.87 bits per heavy atom. The van der Waals surface area contributed by atoms with E-state index in [1.165, 1.54) is 24.8 Å². The van der Waals surface area contributed by atoms with Gasteiger partial charge in [-0.05, 0) is 42.8 Å². The predicted octanol–water partition coefficient (Wildman–Crippen LogP) is 4.81. The van der Waals surface area contributed by atoms with Gasteiger partial charge in [-0.1, -0.05) is 54.6 Å². The van der Waals surface area contributed by atoms with Crippen LogP contribution in [0, 0.1) is 0 Å². The second-order valence-corrected chi connectivity index (χ2v) is 9.36. The van der Waals surface area contributed by atoms with Crippen LogP contribution in [0.4, 0.5) is 11.8 Å². The molecule has 9 heteroatoms. The van der Waals surface area contributed by atoms with Crippen molar-refractivity contribution in [3.63, 3.8) is 0 Å². The molecule has 0 radical (unpaired) electrons. The quantitative estimate of drug-likeness (QED) is 0.471. The van der Waals surface area contributed by atoms with Crippen molar-refractivity contribution in [3.8, 4) is 0 Å². The van der Waals surface area contributed by atoms with Crippen molar-refractivity contribution in [1.29, 1.82) is 0 Å². The molecule has 0 amide bonds. The number of aromatic nitrogens is 2. The van der Waals surface area contributed by atoms with E-state index in [9.17, 15) is 0 Å². The fourth-order valence-corrected chi connectivity index (χ4v) is 4.96. The molecule has 0 bridgehead atoms. The van der Waals surface area contributed by atoms with Crippen LogP contribution in [0.1, 0.15) is 37.7 Å². The summed E-state index contributed by atoms with van der Waals surface area (Å²) >= 11 is 18.1. The maximum atomic E-state index is 6.29. The van der Waals surface area contributed by atoms with E-state index in [1.54, 1.807) is 6.07 Å². The van der Waals surface area contributed by atoms with Gasteiger partial charge in [0.2, 0.25) is 5.95 Å². The van der Waals surface area contributed by atoms with Crippen LogP contribution in [0.15, 0.2) is 30.3 Å². The summed E-state index contributed by atoms with van der Waals surface area (Å²) in [5, 5.41) is 8.15. The van der Waals surface area contributed by atoms with E-state index in [-0.39, 0.29) is 5.41 Å². The van der Waals surface area contributed by atoms with Crippen molar-refractivity contribution in [2.24, 2.45) is 0 Å². The minimum absolute atomic E-state index is 0.0169. The van der Waals surface area contributed by atoms with Gasteiger partial charge >= 0.3 is 0 Å². The standard InChI is InChI=1S/C22H27Cl2N5OS/c23-17-6-4-5-16(13-17)22(7-2-1-3-8-22)15-25-21(31)28-20-26-18(24)14-19(27-20)29-9-11-30-12-10-29/h4-6,13-14H,1-3,7-12,15H2,(H2,25,26,27,28,31). The Morgan fingerprint density at radius 1 is 1.10 bits per heavy atom. The van der Waals surface area contributed by atoms with Crippen LogP contribution in [0.5, 0.6) is 0 Å². The molecule has 1 saturated heterocycles. The van der Waals surface area contributed by atoms with Crippen LogP contribution in [-0.4, -0.2) is 47.9 Å². The normalized spacial score (nSPS) is 18.5. The number of halogens is 2. The first-order chi connectivity index (χ1) is 15.0. The molecule has 2 heterocycles. The number of hydrogen-bond acceptors (Lipinski definition) is 5. The van der Waals surface area contributed by atoms with Gasteiger partial charge in [-0.2, -0.15) is 4.98 Å². The maximum absolute atomic E-state index is 6.29. The summed E-state index contributed by atoms with van der Waals surface area (Å²) in [4.78, 5) is 11.0. The average molecular weight is 480 g/mol. The Morgan fingerprint density at radius 3 is 2.61 bits per heavy atom. The lowest BCUT2D eigenvalue weighted by Gasteiger charge is -2.38. The molecule has 1 aromatic carbocycles. The number of rotatable bonds is 5. The van der Waals surface area contributed by atoms with Crippen LogP contribution in [0.2, 0.25) is 10.2 Å². The van der Waals surface area contributed by atoms with Gasteiger partial charge in [0, 0.05) is 36.1 Å². The van der Waals surface area contributed by atoms with Crippen molar-refractivity contribution >= 4 is 52.3 Å². The number of hydrogen-bond donors (Lipinski definition) is 2. The fraction of sp³-hybridized carbons (Fsp3) is 0.500. The summed E-state index contributed by atoms with van der Waals surface area (Å²) in [6.45, 7) is 3.64. The number of anilines is 2. The lowest BCUT2D eigenvalue weighted by molar-refractivity contribution is 0.122. The zero-order chi connectivity index (χ0) is 21.7. The Labute approximate surface area is 198 Å². The largest absolute Gasteiger partial charge is 0.378 e. The van der Waals surface area contributed by atoms with E-state index in [2.05, 4.69) is 37.6 Å². The van der Waals surface area contributed by atoms with Crippen LogP contribution in [0.25, 0.3) is 0 Å².